The topological polar surface area (TPSA) is 137 Å². The molecule has 6 aromatic heterocycles. The first-order valence-corrected chi connectivity index (χ1v) is 16.9. The molecule has 0 saturated carbocycles. The van der Waals surface area contributed by atoms with Gasteiger partial charge in [-0.3, -0.25) is 4.55 Å². The van der Waals surface area contributed by atoms with Crippen molar-refractivity contribution >= 4 is 53.7 Å². The molecular formula is C34H24O9S2. The average molecular weight is 641 g/mol. The van der Waals surface area contributed by atoms with Crippen molar-refractivity contribution in [2.45, 2.75) is 36.5 Å². The summed E-state index contributed by atoms with van der Waals surface area (Å²) in [7, 11) is -9.19. The molecule has 226 valence electrons. The number of benzene rings is 5. The second-order valence-electron chi connectivity index (χ2n) is 11.5. The zero-order valence-corrected chi connectivity index (χ0v) is 25.7. The molecule has 11 heteroatoms. The van der Waals surface area contributed by atoms with E-state index >= 15 is 0 Å². The van der Waals surface area contributed by atoms with Crippen molar-refractivity contribution in [3.05, 3.63) is 90.0 Å². The Kier molecular flexibility index (Phi) is 5.74. The van der Waals surface area contributed by atoms with E-state index in [1.54, 1.807) is 62.4 Å². The van der Waals surface area contributed by atoms with Gasteiger partial charge < -0.3 is 17.4 Å². The lowest BCUT2D eigenvalue weighted by Crippen LogP contribution is -2.15. The molecule has 6 bridgehead atoms. The van der Waals surface area contributed by atoms with Gasteiger partial charge in [-0.15, -0.1) is 0 Å². The van der Waals surface area contributed by atoms with Gasteiger partial charge in [-0.25, -0.2) is 0 Å². The smallest absolute Gasteiger partial charge is 0.340 e. The molecule has 0 saturated heterocycles. The molecule has 6 heterocycles. The second kappa shape index (κ2) is 9.33. The molecule has 0 atom stereocenters. The highest BCUT2D eigenvalue weighted by Gasteiger charge is 2.32. The summed E-state index contributed by atoms with van der Waals surface area (Å²) in [4.78, 5) is -0.411. The minimum atomic E-state index is -4.62. The summed E-state index contributed by atoms with van der Waals surface area (Å²) in [6.07, 6.45) is 0. The van der Waals surface area contributed by atoms with E-state index in [4.69, 9.17) is 17.4 Å². The Balaban J connectivity index is 1.40. The number of aryl methyl sites for hydroxylation is 1. The van der Waals surface area contributed by atoms with Crippen molar-refractivity contribution in [3.8, 4) is 39.1 Å². The van der Waals surface area contributed by atoms with E-state index in [9.17, 15) is 21.4 Å². The van der Waals surface area contributed by atoms with Crippen molar-refractivity contribution in [3.63, 3.8) is 0 Å². The first-order valence-electron chi connectivity index (χ1n) is 14.1. The highest BCUT2D eigenvalue weighted by molar-refractivity contribution is 7.87. The van der Waals surface area contributed by atoms with E-state index < -0.39 is 20.2 Å². The molecule has 8 aromatic rings. The summed E-state index contributed by atoms with van der Waals surface area (Å²) >= 11 is 0. The van der Waals surface area contributed by atoms with Gasteiger partial charge in [0.2, 0.25) is 0 Å². The third-order valence-electron chi connectivity index (χ3n) is 8.17. The Morgan fingerprint density at radius 3 is 1.53 bits per heavy atom. The third kappa shape index (κ3) is 4.38. The van der Waals surface area contributed by atoms with E-state index in [0.29, 0.717) is 55.8 Å². The maximum absolute atomic E-state index is 14.6. The molecule has 0 radical (unpaired) electrons. The molecule has 0 fully saturated rings. The summed E-state index contributed by atoms with van der Waals surface area (Å²) in [5.41, 5.74) is 7.31. The summed E-state index contributed by atoms with van der Waals surface area (Å²) in [5, 5.41) is 0. The quantitative estimate of drug-likeness (QED) is 0.128. The molecule has 0 aliphatic rings. The predicted molar refractivity (Wildman–Crippen MR) is 169 cm³/mol. The summed E-state index contributed by atoms with van der Waals surface area (Å²) in [6.45, 7) is 4.99. The Labute approximate surface area is 257 Å². The zero-order chi connectivity index (χ0) is 31.4. The van der Waals surface area contributed by atoms with Gasteiger partial charge in [-0.1, -0.05) is 13.8 Å². The van der Waals surface area contributed by atoms with Gasteiger partial charge in [0.1, 0.15) is 44.1 Å². The van der Waals surface area contributed by atoms with Crippen LogP contribution in [0.15, 0.2) is 102 Å². The van der Waals surface area contributed by atoms with Gasteiger partial charge in [0.25, 0.3) is 10.1 Å². The van der Waals surface area contributed by atoms with Crippen LogP contribution in [0.1, 0.15) is 30.9 Å². The van der Waals surface area contributed by atoms with E-state index in [-0.39, 0.29) is 32.6 Å². The van der Waals surface area contributed by atoms with Gasteiger partial charge in [-0.2, -0.15) is 16.8 Å². The van der Waals surface area contributed by atoms with E-state index in [0.717, 1.165) is 11.1 Å². The molecule has 2 aromatic carbocycles. The molecule has 0 aliphatic carbocycles. The first-order chi connectivity index (χ1) is 21.4. The number of hydrogen-bond acceptors (Lipinski definition) is 8. The molecule has 0 aliphatic heterocycles. The Hall–Kier alpha value is -4.84. The van der Waals surface area contributed by atoms with Gasteiger partial charge in [0.15, 0.2) is 0 Å². The Morgan fingerprint density at radius 2 is 1.13 bits per heavy atom. The van der Waals surface area contributed by atoms with Gasteiger partial charge >= 0.3 is 10.1 Å². The largest absolute Gasteiger partial charge is 0.457 e. The van der Waals surface area contributed by atoms with Crippen LogP contribution in [-0.2, 0) is 20.2 Å². The van der Waals surface area contributed by atoms with Crippen molar-refractivity contribution in [1.82, 2.24) is 0 Å². The second-order valence-corrected chi connectivity index (χ2v) is 14.4. The average Bonchev–Trinajstić information content (AvgIpc) is 3.85. The zero-order valence-electron chi connectivity index (χ0n) is 24.1. The van der Waals surface area contributed by atoms with Gasteiger partial charge in [0, 0.05) is 27.8 Å². The summed E-state index contributed by atoms with van der Waals surface area (Å²) in [5.74, 6) is -0.429. The fourth-order valence-electron chi connectivity index (χ4n) is 6.07. The predicted octanol–water partition coefficient (Wildman–Crippen LogP) is 8.69. The maximum atomic E-state index is 14.6. The van der Waals surface area contributed by atoms with E-state index in [1.165, 1.54) is 19.1 Å². The fraction of sp³-hybridized carbons (Fsp3) is 0.118. The number of fused-ring (bicyclic) bond motifs is 6. The molecule has 0 unspecified atom stereocenters. The van der Waals surface area contributed by atoms with Crippen molar-refractivity contribution in [2.24, 2.45) is 0 Å². The van der Waals surface area contributed by atoms with Crippen LogP contribution < -0.4 is 4.18 Å². The summed E-state index contributed by atoms with van der Waals surface area (Å²) in [6, 6.07) is 22.5. The lowest BCUT2D eigenvalue weighted by Gasteiger charge is -2.19. The third-order valence-corrected chi connectivity index (χ3v) is 10.4. The first kappa shape index (κ1) is 27.7. The lowest BCUT2D eigenvalue weighted by molar-refractivity contribution is 0.479. The van der Waals surface area contributed by atoms with E-state index in [1.807, 2.05) is 18.2 Å². The van der Waals surface area contributed by atoms with Crippen molar-refractivity contribution in [2.75, 3.05) is 0 Å². The Morgan fingerprint density at radius 1 is 0.644 bits per heavy atom. The molecule has 8 rings (SSSR count). The molecule has 45 heavy (non-hydrogen) atoms. The monoisotopic (exact) mass is 640 g/mol. The number of rotatable bonds is 8. The highest BCUT2D eigenvalue weighted by atomic mass is 32.2. The van der Waals surface area contributed by atoms with Crippen LogP contribution in [0.5, 0.6) is 5.75 Å². The van der Waals surface area contributed by atoms with Crippen LogP contribution in [0, 0.1) is 6.92 Å². The molecule has 0 amide bonds. The van der Waals surface area contributed by atoms with Gasteiger partial charge in [0.05, 0.1) is 4.90 Å². The minimum Gasteiger partial charge on any atom is -0.457 e. The number of furan rings is 6. The van der Waals surface area contributed by atoms with E-state index in [2.05, 4.69) is 0 Å². The van der Waals surface area contributed by atoms with Crippen LogP contribution >= 0.6 is 0 Å². The highest BCUT2D eigenvalue weighted by Crippen LogP contribution is 2.47. The molecule has 1 N–H and O–H groups in total. The van der Waals surface area contributed by atoms with Crippen LogP contribution in [0.4, 0.5) is 0 Å². The fourth-order valence-corrected chi connectivity index (χ4v) is 8.36. The lowest BCUT2D eigenvalue weighted by atomic mass is 9.93. The van der Waals surface area contributed by atoms with Crippen molar-refractivity contribution < 1.29 is 38.8 Å². The SMILES string of the molecule is Cc1cc(S(=O)(=O)O)c(C(C)C)cc1OS(=O)(=O)c1c(-c2cc3ccc2o3)cc(-c2cc3ccc2o3)cc1-c1cc2ccc1o2. The summed E-state index contributed by atoms with van der Waals surface area (Å²) < 4.78 is 86.7. The minimum absolute atomic E-state index is 0.0615. The van der Waals surface area contributed by atoms with Crippen molar-refractivity contribution in [1.29, 1.82) is 0 Å². The molecular weight excluding hydrogens is 616 g/mol. The molecule has 0 spiro atoms. The maximum Gasteiger partial charge on any atom is 0.340 e. The number of hydrogen-bond donors (Lipinski definition) is 1. The van der Waals surface area contributed by atoms with Crippen LogP contribution in [0.25, 0.3) is 66.9 Å². The van der Waals surface area contributed by atoms with Crippen LogP contribution in [-0.4, -0.2) is 21.4 Å². The normalized spacial score (nSPS) is 13.0. The Bertz CT molecular complexity index is 2510. The molecule has 9 nitrogen and oxygen atoms in total. The van der Waals surface area contributed by atoms with Crippen LogP contribution in [0.3, 0.4) is 0 Å². The van der Waals surface area contributed by atoms with Crippen LogP contribution in [0.2, 0.25) is 0 Å². The standard InChI is InChI=1S/C34H24O9S2/c1-17(2)23-16-32(18(3)10-33(23)44(35,36)37)43-45(38,39)34-27(25-14-21-5-8-30(25)41-21)11-19(24-13-20-4-7-29(24)40-20)12-28(34)26-15-22-6-9-31(26)42-22/h4-17H,1-3H3,(H,35,36,37). The van der Waals surface area contributed by atoms with Gasteiger partial charge in [-0.05, 0) is 108 Å².